The van der Waals surface area contributed by atoms with Crippen LogP contribution in [0.3, 0.4) is 0 Å². The number of nitrogens with one attached hydrogen (secondary N) is 1. The van der Waals surface area contributed by atoms with E-state index >= 15 is 0 Å². The molecule has 0 spiro atoms. The van der Waals surface area contributed by atoms with Gasteiger partial charge in [0.05, 0.1) is 36.7 Å². The molecular formula is C24H21N5O2. The van der Waals surface area contributed by atoms with Gasteiger partial charge in [0.1, 0.15) is 17.1 Å². The Morgan fingerprint density at radius 2 is 1.94 bits per heavy atom. The third-order valence-electron chi connectivity index (χ3n) is 5.14. The number of carbonyl (C=O) groups is 1. The summed E-state index contributed by atoms with van der Waals surface area (Å²) in [6.07, 6.45) is 5.15. The lowest BCUT2D eigenvalue weighted by Crippen LogP contribution is -2.14. The Labute approximate surface area is 178 Å². The molecule has 5 rings (SSSR count). The van der Waals surface area contributed by atoms with Gasteiger partial charge < -0.3 is 10.1 Å². The minimum absolute atomic E-state index is 0.236. The molecule has 0 aliphatic carbocycles. The van der Waals surface area contributed by atoms with Crippen LogP contribution >= 0.6 is 0 Å². The van der Waals surface area contributed by atoms with Crippen molar-refractivity contribution in [3.8, 4) is 5.75 Å². The van der Waals surface area contributed by atoms with Crippen molar-refractivity contribution in [3.63, 3.8) is 0 Å². The number of rotatable bonds is 6. The molecule has 1 amide bonds. The molecule has 154 valence electrons. The van der Waals surface area contributed by atoms with Gasteiger partial charge in [0, 0.05) is 17.6 Å². The van der Waals surface area contributed by atoms with Gasteiger partial charge >= 0.3 is 0 Å². The molecule has 7 nitrogen and oxygen atoms in total. The molecule has 0 unspecified atom stereocenters. The maximum Gasteiger partial charge on any atom is 0.274 e. The number of carbonyl (C=O) groups excluding carboxylic acids is 1. The second-order valence-corrected chi connectivity index (χ2v) is 7.15. The lowest BCUT2D eigenvalue weighted by Gasteiger charge is -2.08. The Balaban J connectivity index is 1.43. The van der Waals surface area contributed by atoms with E-state index in [4.69, 9.17) is 4.74 Å². The molecule has 0 saturated heterocycles. The highest BCUT2D eigenvalue weighted by Gasteiger charge is 2.15. The van der Waals surface area contributed by atoms with Gasteiger partial charge in [-0.2, -0.15) is 5.10 Å². The highest BCUT2D eigenvalue weighted by atomic mass is 16.5. The minimum atomic E-state index is -0.236. The van der Waals surface area contributed by atoms with Crippen LogP contribution in [0.2, 0.25) is 0 Å². The molecule has 3 heterocycles. The SMILES string of the molecule is CCOc1ccn2c(C(=O)Nc3cccc4c3cnn4Cc3ccccc3)cnc2c1. The van der Waals surface area contributed by atoms with Gasteiger partial charge in [-0.25, -0.2) is 4.98 Å². The Bertz CT molecular complexity index is 1370. The topological polar surface area (TPSA) is 73.5 Å². The van der Waals surface area contributed by atoms with Crippen LogP contribution in [0.4, 0.5) is 5.69 Å². The molecule has 0 aliphatic heterocycles. The molecule has 5 aromatic rings. The fourth-order valence-corrected chi connectivity index (χ4v) is 3.67. The summed E-state index contributed by atoms with van der Waals surface area (Å²) in [5.41, 5.74) is 3.94. The van der Waals surface area contributed by atoms with E-state index in [0.29, 0.717) is 30.2 Å². The van der Waals surface area contributed by atoms with Crippen LogP contribution in [0.1, 0.15) is 23.0 Å². The van der Waals surface area contributed by atoms with Crippen molar-refractivity contribution >= 4 is 28.1 Å². The number of fused-ring (bicyclic) bond motifs is 2. The van der Waals surface area contributed by atoms with Crippen LogP contribution in [-0.2, 0) is 6.54 Å². The van der Waals surface area contributed by atoms with E-state index in [1.807, 2.05) is 60.1 Å². The molecule has 1 N–H and O–H groups in total. The number of nitrogens with zero attached hydrogens (tertiary/aromatic N) is 4. The third-order valence-corrected chi connectivity index (χ3v) is 5.14. The van der Waals surface area contributed by atoms with Crippen LogP contribution in [-0.4, -0.2) is 31.7 Å². The Hall–Kier alpha value is -4.13. The smallest absolute Gasteiger partial charge is 0.274 e. The molecule has 0 fully saturated rings. The summed E-state index contributed by atoms with van der Waals surface area (Å²) in [6, 6.07) is 19.6. The van der Waals surface area contributed by atoms with Crippen molar-refractivity contribution in [3.05, 3.63) is 90.5 Å². The van der Waals surface area contributed by atoms with E-state index in [-0.39, 0.29) is 5.91 Å². The zero-order valence-electron chi connectivity index (χ0n) is 17.0. The summed E-state index contributed by atoms with van der Waals surface area (Å²) in [6.45, 7) is 3.17. The van der Waals surface area contributed by atoms with Gasteiger partial charge in [0.2, 0.25) is 0 Å². The highest BCUT2D eigenvalue weighted by molar-refractivity contribution is 6.08. The average Bonchev–Trinajstić information content (AvgIpc) is 3.39. The normalized spacial score (nSPS) is 11.1. The van der Waals surface area contributed by atoms with E-state index in [1.54, 1.807) is 23.0 Å². The minimum Gasteiger partial charge on any atom is -0.494 e. The van der Waals surface area contributed by atoms with Crippen molar-refractivity contribution in [1.82, 2.24) is 19.2 Å². The number of benzene rings is 2. The lowest BCUT2D eigenvalue weighted by atomic mass is 10.2. The quantitative estimate of drug-likeness (QED) is 0.450. The molecular weight excluding hydrogens is 390 g/mol. The second kappa shape index (κ2) is 7.95. The lowest BCUT2D eigenvalue weighted by molar-refractivity contribution is 0.102. The number of anilines is 1. The first-order valence-corrected chi connectivity index (χ1v) is 10.1. The summed E-state index contributed by atoms with van der Waals surface area (Å²) >= 11 is 0. The standard InChI is InChI=1S/C24H21N5O2/c1-2-31-18-11-12-28-22(15-25-23(28)13-18)24(30)27-20-9-6-10-21-19(20)14-26-29(21)16-17-7-4-3-5-8-17/h3-15H,2,16H2,1H3,(H,27,30). The second-order valence-electron chi connectivity index (χ2n) is 7.15. The van der Waals surface area contributed by atoms with Crippen molar-refractivity contribution in [1.29, 1.82) is 0 Å². The number of pyridine rings is 1. The summed E-state index contributed by atoms with van der Waals surface area (Å²) in [5, 5.41) is 8.43. The third kappa shape index (κ3) is 3.61. The fraction of sp³-hybridized carbons (Fsp3) is 0.125. The predicted molar refractivity (Wildman–Crippen MR) is 120 cm³/mol. The van der Waals surface area contributed by atoms with Gasteiger partial charge in [-0.3, -0.25) is 13.9 Å². The molecule has 3 aromatic heterocycles. The first-order chi connectivity index (χ1) is 15.2. The first kappa shape index (κ1) is 18.9. The van der Waals surface area contributed by atoms with Gasteiger partial charge in [-0.1, -0.05) is 36.4 Å². The van der Waals surface area contributed by atoms with Crippen LogP contribution in [0.15, 0.2) is 79.3 Å². The van der Waals surface area contributed by atoms with E-state index in [2.05, 4.69) is 27.5 Å². The molecule has 31 heavy (non-hydrogen) atoms. The summed E-state index contributed by atoms with van der Waals surface area (Å²) in [5.74, 6) is 0.489. The maximum atomic E-state index is 13.0. The van der Waals surface area contributed by atoms with Crippen LogP contribution in [0.5, 0.6) is 5.75 Å². The molecule has 0 saturated carbocycles. The van der Waals surface area contributed by atoms with Crippen LogP contribution in [0.25, 0.3) is 16.6 Å². The number of hydrogen-bond acceptors (Lipinski definition) is 4. The Morgan fingerprint density at radius 1 is 1.06 bits per heavy atom. The number of amides is 1. The van der Waals surface area contributed by atoms with Crippen molar-refractivity contribution in [2.45, 2.75) is 13.5 Å². The fourth-order valence-electron chi connectivity index (χ4n) is 3.67. The van der Waals surface area contributed by atoms with Crippen molar-refractivity contribution in [2.75, 3.05) is 11.9 Å². The molecule has 0 bridgehead atoms. The predicted octanol–water partition coefficient (Wildman–Crippen LogP) is 4.38. The molecule has 0 aliphatic rings. The first-order valence-electron chi connectivity index (χ1n) is 10.1. The molecule has 7 heteroatoms. The van der Waals surface area contributed by atoms with Gasteiger partial charge in [0.25, 0.3) is 5.91 Å². The van der Waals surface area contributed by atoms with Gasteiger partial charge in [-0.05, 0) is 30.7 Å². The Morgan fingerprint density at radius 3 is 2.77 bits per heavy atom. The summed E-state index contributed by atoms with van der Waals surface area (Å²) < 4.78 is 9.19. The molecule has 0 radical (unpaired) electrons. The number of aromatic nitrogens is 4. The highest BCUT2D eigenvalue weighted by Crippen LogP contribution is 2.25. The van der Waals surface area contributed by atoms with Crippen LogP contribution < -0.4 is 10.1 Å². The average molecular weight is 411 g/mol. The molecule has 0 atom stereocenters. The maximum absolute atomic E-state index is 13.0. The zero-order chi connectivity index (χ0) is 21.2. The van der Waals surface area contributed by atoms with E-state index < -0.39 is 0 Å². The van der Waals surface area contributed by atoms with Crippen LogP contribution in [0, 0.1) is 0 Å². The number of imidazole rings is 1. The number of hydrogen-bond donors (Lipinski definition) is 1. The largest absolute Gasteiger partial charge is 0.494 e. The van der Waals surface area contributed by atoms with Crippen molar-refractivity contribution in [2.24, 2.45) is 0 Å². The van der Waals surface area contributed by atoms with Crippen molar-refractivity contribution < 1.29 is 9.53 Å². The summed E-state index contributed by atoms with van der Waals surface area (Å²) in [4.78, 5) is 17.4. The monoisotopic (exact) mass is 411 g/mol. The summed E-state index contributed by atoms with van der Waals surface area (Å²) in [7, 11) is 0. The van der Waals surface area contributed by atoms with E-state index in [9.17, 15) is 4.79 Å². The Kier molecular flexibility index (Phi) is 4.84. The molecule has 2 aromatic carbocycles. The zero-order valence-corrected chi connectivity index (χ0v) is 17.0. The van der Waals surface area contributed by atoms with Gasteiger partial charge in [-0.15, -0.1) is 0 Å². The number of ether oxygens (including phenoxy) is 1. The van der Waals surface area contributed by atoms with E-state index in [0.717, 1.165) is 16.7 Å². The van der Waals surface area contributed by atoms with E-state index in [1.165, 1.54) is 5.56 Å². The van der Waals surface area contributed by atoms with Gasteiger partial charge in [0.15, 0.2) is 0 Å².